The predicted octanol–water partition coefficient (Wildman–Crippen LogP) is 2.45. The number of hydrogen-bond acceptors (Lipinski definition) is 2. The van der Waals surface area contributed by atoms with Crippen LogP contribution in [0.1, 0.15) is 26.7 Å². The summed E-state index contributed by atoms with van der Waals surface area (Å²) in [5.74, 6) is 0.566. The van der Waals surface area contributed by atoms with Crippen molar-refractivity contribution in [3.05, 3.63) is 11.6 Å². The summed E-state index contributed by atoms with van der Waals surface area (Å²) >= 11 is 0. The normalized spacial score (nSPS) is 26.6. The minimum absolute atomic E-state index is 0.0288. The van der Waals surface area contributed by atoms with Crippen molar-refractivity contribution in [3.8, 4) is 0 Å². The van der Waals surface area contributed by atoms with E-state index in [9.17, 15) is 0 Å². The van der Waals surface area contributed by atoms with Gasteiger partial charge in [-0.25, -0.2) is 0 Å². The van der Waals surface area contributed by atoms with Crippen LogP contribution in [-0.4, -0.2) is 18.5 Å². The van der Waals surface area contributed by atoms with Gasteiger partial charge in [0.05, 0.1) is 0 Å². The SMILES string of the molecule is CC(C)C=C1CCC=NC1C=N. The van der Waals surface area contributed by atoms with Crippen LogP contribution < -0.4 is 0 Å². The van der Waals surface area contributed by atoms with Crippen LogP contribution in [0.25, 0.3) is 0 Å². The fraction of sp³-hybridized carbons (Fsp3) is 0.600. The Hall–Kier alpha value is -0.920. The lowest BCUT2D eigenvalue weighted by Gasteiger charge is -2.16. The zero-order valence-corrected chi connectivity index (χ0v) is 7.75. The minimum Gasteiger partial charge on any atom is -0.311 e. The van der Waals surface area contributed by atoms with Gasteiger partial charge in [0.25, 0.3) is 0 Å². The van der Waals surface area contributed by atoms with Gasteiger partial charge in [0.2, 0.25) is 0 Å². The van der Waals surface area contributed by atoms with E-state index in [0.29, 0.717) is 5.92 Å². The second-order valence-electron chi connectivity index (χ2n) is 3.47. The highest BCUT2D eigenvalue weighted by molar-refractivity contribution is 5.73. The van der Waals surface area contributed by atoms with Crippen molar-refractivity contribution in [2.75, 3.05) is 0 Å². The summed E-state index contributed by atoms with van der Waals surface area (Å²) in [6.07, 6.45) is 7.67. The second-order valence-corrected chi connectivity index (χ2v) is 3.47. The molecule has 0 aliphatic carbocycles. The van der Waals surface area contributed by atoms with Crippen molar-refractivity contribution in [1.29, 1.82) is 5.41 Å². The Morgan fingerprint density at radius 3 is 3.00 bits per heavy atom. The van der Waals surface area contributed by atoms with E-state index < -0.39 is 0 Å². The Labute approximate surface area is 73.9 Å². The van der Waals surface area contributed by atoms with Gasteiger partial charge >= 0.3 is 0 Å². The molecule has 66 valence electrons. The quantitative estimate of drug-likeness (QED) is 0.481. The van der Waals surface area contributed by atoms with Gasteiger partial charge in [0.15, 0.2) is 0 Å². The average Bonchev–Trinajstić information content (AvgIpc) is 2.04. The van der Waals surface area contributed by atoms with E-state index in [2.05, 4.69) is 24.9 Å². The zero-order valence-electron chi connectivity index (χ0n) is 7.75. The maximum Gasteiger partial charge on any atom is 0.105 e. The first-order valence-electron chi connectivity index (χ1n) is 4.47. The highest BCUT2D eigenvalue weighted by Crippen LogP contribution is 2.18. The first-order valence-corrected chi connectivity index (χ1v) is 4.47. The molecular formula is C10H16N2. The summed E-state index contributed by atoms with van der Waals surface area (Å²) in [6.45, 7) is 4.32. The largest absolute Gasteiger partial charge is 0.311 e. The van der Waals surface area contributed by atoms with Crippen molar-refractivity contribution in [2.45, 2.75) is 32.7 Å². The molecule has 0 bridgehead atoms. The van der Waals surface area contributed by atoms with Crippen LogP contribution in [0.15, 0.2) is 16.6 Å². The van der Waals surface area contributed by atoms with Crippen molar-refractivity contribution in [3.63, 3.8) is 0 Å². The molecule has 0 fully saturated rings. The molecular weight excluding hydrogens is 148 g/mol. The molecule has 1 heterocycles. The predicted molar refractivity (Wildman–Crippen MR) is 53.2 cm³/mol. The van der Waals surface area contributed by atoms with Gasteiger partial charge < -0.3 is 5.41 Å². The molecule has 1 aliphatic rings. The third-order valence-electron chi connectivity index (χ3n) is 1.91. The highest BCUT2D eigenvalue weighted by Gasteiger charge is 2.12. The van der Waals surface area contributed by atoms with E-state index in [0.717, 1.165) is 12.8 Å². The Bertz CT molecular complexity index is 214. The molecule has 0 radical (unpaired) electrons. The smallest absolute Gasteiger partial charge is 0.105 e. The van der Waals surface area contributed by atoms with E-state index in [1.165, 1.54) is 11.8 Å². The van der Waals surface area contributed by atoms with Crippen molar-refractivity contribution >= 4 is 12.4 Å². The number of aliphatic imine (C=N–C) groups is 1. The molecule has 0 saturated carbocycles. The molecule has 0 aromatic rings. The maximum atomic E-state index is 7.19. The lowest BCUT2D eigenvalue weighted by Crippen LogP contribution is -2.14. The molecule has 1 aliphatic heterocycles. The third-order valence-corrected chi connectivity index (χ3v) is 1.91. The van der Waals surface area contributed by atoms with E-state index in [1.807, 2.05) is 6.21 Å². The van der Waals surface area contributed by atoms with Crippen LogP contribution in [-0.2, 0) is 0 Å². The highest BCUT2D eigenvalue weighted by atomic mass is 14.8. The topological polar surface area (TPSA) is 36.2 Å². The standard InChI is InChI=1S/C10H16N2/c1-8(2)6-9-4-3-5-12-10(9)7-11/h5-8,10-11H,3-4H2,1-2H3. The van der Waals surface area contributed by atoms with E-state index in [4.69, 9.17) is 5.41 Å². The molecule has 2 nitrogen and oxygen atoms in total. The molecule has 0 spiro atoms. The van der Waals surface area contributed by atoms with E-state index >= 15 is 0 Å². The summed E-state index contributed by atoms with van der Waals surface area (Å²) in [5, 5.41) is 7.19. The molecule has 1 rings (SSSR count). The number of allylic oxidation sites excluding steroid dienone is 1. The maximum absolute atomic E-state index is 7.19. The molecule has 0 amide bonds. The second kappa shape index (κ2) is 4.19. The number of nitrogens with zero attached hydrogens (tertiary/aromatic N) is 1. The van der Waals surface area contributed by atoms with Crippen LogP contribution in [0.2, 0.25) is 0 Å². The third kappa shape index (κ3) is 2.29. The van der Waals surface area contributed by atoms with Crippen LogP contribution in [0, 0.1) is 11.3 Å². The lowest BCUT2D eigenvalue weighted by atomic mass is 9.97. The van der Waals surface area contributed by atoms with Gasteiger partial charge in [-0.05, 0) is 24.3 Å². The first-order chi connectivity index (χ1) is 5.74. The van der Waals surface area contributed by atoms with Gasteiger partial charge in [-0.3, -0.25) is 4.99 Å². The molecule has 0 aromatic carbocycles. The van der Waals surface area contributed by atoms with Crippen LogP contribution in [0.5, 0.6) is 0 Å². The molecule has 2 heteroatoms. The molecule has 0 saturated heterocycles. The van der Waals surface area contributed by atoms with Crippen molar-refractivity contribution in [1.82, 2.24) is 0 Å². The van der Waals surface area contributed by atoms with E-state index in [-0.39, 0.29) is 6.04 Å². The summed E-state index contributed by atoms with van der Waals surface area (Å²) in [4.78, 5) is 4.25. The fourth-order valence-corrected chi connectivity index (χ4v) is 1.42. The van der Waals surface area contributed by atoms with Crippen LogP contribution in [0.3, 0.4) is 0 Å². The number of nitrogens with one attached hydrogen (secondary N) is 1. The van der Waals surface area contributed by atoms with Gasteiger partial charge in [0, 0.05) is 12.4 Å². The molecule has 1 unspecified atom stereocenters. The van der Waals surface area contributed by atoms with Crippen LogP contribution >= 0.6 is 0 Å². The summed E-state index contributed by atoms with van der Waals surface area (Å²) in [5.41, 5.74) is 1.31. The monoisotopic (exact) mass is 164 g/mol. The van der Waals surface area contributed by atoms with Crippen molar-refractivity contribution in [2.24, 2.45) is 10.9 Å². The van der Waals surface area contributed by atoms with E-state index in [1.54, 1.807) is 0 Å². The van der Waals surface area contributed by atoms with Crippen molar-refractivity contribution < 1.29 is 0 Å². The Morgan fingerprint density at radius 2 is 2.42 bits per heavy atom. The Kier molecular flexibility index (Phi) is 3.20. The molecule has 0 aromatic heterocycles. The van der Waals surface area contributed by atoms with Gasteiger partial charge in [-0.2, -0.15) is 0 Å². The molecule has 1 atom stereocenters. The number of rotatable bonds is 2. The summed E-state index contributed by atoms with van der Waals surface area (Å²) in [6, 6.07) is 0.0288. The number of hydrogen-bond donors (Lipinski definition) is 1. The molecule has 1 N–H and O–H groups in total. The van der Waals surface area contributed by atoms with Crippen LogP contribution in [0.4, 0.5) is 0 Å². The minimum atomic E-state index is 0.0288. The summed E-state index contributed by atoms with van der Waals surface area (Å²) < 4.78 is 0. The Balaban J connectivity index is 2.75. The van der Waals surface area contributed by atoms with Gasteiger partial charge in [0.1, 0.15) is 6.04 Å². The summed E-state index contributed by atoms with van der Waals surface area (Å²) in [7, 11) is 0. The average molecular weight is 164 g/mol. The molecule has 12 heavy (non-hydrogen) atoms. The zero-order chi connectivity index (χ0) is 8.97. The Morgan fingerprint density at radius 1 is 1.67 bits per heavy atom. The van der Waals surface area contributed by atoms with Gasteiger partial charge in [-0.15, -0.1) is 0 Å². The lowest BCUT2D eigenvalue weighted by molar-refractivity contribution is 0.775. The first kappa shape index (κ1) is 9.17. The van der Waals surface area contributed by atoms with Gasteiger partial charge in [-0.1, -0.05) is 19.9 Å². The fourth-order valence-electron chi connectivity index (χ4n) is 1.42.